The van der Waals surface area contributed by atoms with Crippen LogP contribution in [0.15, 0.2) is 42.5 Å². The van der Waals surface area contributed by atoms with Gasteiger partial charge in [0.05, 0.1) is 6.54 Å². The molecule has 0 fully saturated rings. The van der Waals surface area contributed by atoms with Crippen LogP contribution in [0.5, 0.6) is 0 Å². The van der Waals surface area contributed by atoms with Crippen LogP contribution >= 0.6 is 11.6 Å². The minimum absolute atomic E-state index is 0.0778. The van der Waals surface area contributed by atoms with Gasteiger partial charge < -0.3 is 15.5 Å². The molecule has 0 saturated carbocycles. The molecule has 126 valence electrons. The van der Waals surface area contributed by atoms with Crippen LogP contribution in [0.2, 0.25) is 5.02 Å². The predicted molar refractivity (Wildman–Crippen MR) is 97.8 cm³/mol. The highest BCUT2D eigenvalue weighted by atomic mass is 35.5. The first kappa shape index (κ1) is 17.8. The van der Waals surface area contributed by atoms with E-state index in [1.807, 2.05) is 13.0 Å². The second-order valence-electron chi connectivity index (χ2n) is 5.64. The first-order chi connectivity index (χ1) is 11.4. The molecule has 2 N–H and O–H groups in total. The van der Waals surface area contributed by atoms with Gasteiger partial charge in [-0.25, -0.2) is 0 Å². The Kier molecular flexibility index (Phi) is 5.82. The summed E-state index contributed by atoms with van der Waals surface area (Å²) < 4.78 is 0. The van der Waals surface area contributed by atoms with Crippen molar-refractivity contribution in [2.24, 2.45) is 0 Å². The molecule has 2 rings (SSSR count). The summed E-state index contributed by atoms with van der Waals surface area (Å²) in [6, 6.07) is 12.3. The molecule has 5 nitrogen and oxygen atoms in total. The quantitative estimate of drug-likeness (QED) is 0.873. The molecule has 0 aromatic heterocycles. The van der Waals surface area contributed by atoms with E-state index in [1.165, 1.54) is 4.90 Å². The van der Waals surface area contributed by atoms with Gasteiger partial charge in [-0.15, -0.1) is 0 Å². The molecular weight excluding hydrogens is 326 g/mol. The van der Waals surface area contributed by atoms with Crippen molar-refractivity contribution in [2.75, 3.05) is 31.3 Å². The summed E-state index contributed by atoms with van der Waals surface area (Å²) in [6.07, 6.45) is 0. The number of carbonyl (C=O) groups is 2. The number of hydrogen-bond donors (Lipinski definition) is 2. The molecule has 0 aliphatic heterocycles. The van der Waals surface area contributed by atoms with E-state index in [9.17, 15) is 9.59 Å². The Morgan fingerprint density at radius 2 is 1.75 bits per heavy atom. The van der Waals surface area contributed by atoms with Crippen LogP contribution in [0, 0.1) is 6.92 Å². The maximum atomic E-state index is 12.0. The van der Waals surface area contributed by atoms with Gasteiger partial charge in [0, 0.05) is 36.1 Å². The molecule has 0 heterocycles. The van der Waals surface area contributed by atoms with Crippen molar-refractivity contribution >= 4 is 34.8 Å². The largest absolute Gasteiger partial charge is 0.376 e. The van der Waals surface area contributed by atoms with Crippen LogP contribution in [0.4, 0.5) is 11.4 Å². The topological polar surface area (TPSA) is 61.4 Å². The molecule has 0 saturated heterocycles. The molecule has 0 unspecified atom stereocenters. The lowest BCUT2D eigenvalue weighted by Gasteiger charge is -2.12. The Balaban J connectivity index is 1.92. The van der Waals surface area contributed by atoms with Crippen LogP contribution in [0.25, 0.3) is 0 Å². The predicted octanol–water partition coefficient (Wildman–Crippen LogP) is 3.40. The molecule has 0 atom stereocenters. The number of hydrogen-bond acceptors (Lipinski definition) is 3. The summed E-state index contributed by atoms with van der Waals surface area (Å²) >= 11 is 5.95. The van der Waals surface area contributed by atoms with E-state index >= 15 is 0 Å². The average Bonchev–Trinajstić information content (AvgIpc) is 2.55. The van der Waals surface area contributed by atoms with Crippen LogP contribution in [-0.2, 0) is 4.79 Å². The number of halogens is 1. The van der Waals surface area contributed by atoms with Crippen LogP contribution in [0.1, 0.15) is 15.9 Å². The molecule has 0 aliphatic rings. The number of rotatable bonds is 5. The zero-order valence-corrected chi connectivity index (χ0v) is 14.6. The number of benzene rings is 2. The van der Waals surface area contributed by atoms with E-state index in [0.29, 0.717) is 16.3 Å². The van der Waals surface area contributed by atoms with Gasteiger partial charge in [0.2, 0.25) is 5.91 Å². The Bertz CT molecular complexity index is 742. The number of anilines is 2. The summed E-state index contributed by atoms with van der Waals surface area (Å²) in [5.41, 5.74) is 3.05. The van der Waals surface area contributed by atoms with E-state index in [2.05, 4.69) is 10.6 Å². The Hall–Kier alpha value is -2.53. The van der Waals surface area contributed by atoms with Gasteiger partial charge in [0.25, 0.3) is 5.91 Å². The second-order valence-corrected chi connectivity index (χ2v) is 6.07. The number of amides is 2. The number of carbonyl (C=O) groups excluding carboxylic acids is 2. The Morgan fingerprint density at radius 1 is 1.08 bits per heavy atom. The second kappa shape index (κ2) is 7.84. The normalized spacial score (nSPS) is 10.2. The Morgan fingerprint density at radius 3 is 2.38 bits per heavy atom. The average molecular weight is 346 g/mol. The summed E-state index contributed by atoms with van der Waals surface area (Å²) in [5.74, 6) is -0.257. The first-order valence-corrected chi connectivity index (χ1v) is 7.86. The zero-order chi connectivity index (χ0) is 17.7. The van der Waals surface area contributed by atoms with Crippen molar-refractivity contribution < 1.29 is 9.59 Å². The summed E-state index contributed by atoms with van der Waals surface area (Å²) in [5, 5.41) is 6.46. The van der Waals surface area contributed by atoms with Crippen molar-refractivity contribution in [2.45, 2.75) is 6.92 Å². The Labute approximate surface area is 146 Å². The number of nitrogens with zero attached hydrogens (tertiary/aromatic N) is 1. The third kappa shape index (κ3) is 4.73. The molecule has 2 aromatic carbocycles. The van der Waals surface area contributed by atoms with Crippen molar-refractivity contribution in [1.82, 2.24) is 4.90 Å². The van der Waals surface area contributed by atoms with Crippen LogP contribution < -0.4 is 10.6 Å². The molecule has 2 amide bonds. The highest BCUT2D eigenvalue weighted by Crippen LogP contribution is 2.20. The van der Waals surface area contributed by atoms with E-state index in [-0.39, 0.29) is 18.4 Å². The van der Waals surface area contributed by atoms with E-state index in [1.54, 1.807) is 50.5 Å². The molecule has 6 heteroatoms. The lowest BCUT2D eigenvalue weighted by atomic mass is 10.2. The van der Waals surface area contributed by atoms with E-state index in [0.717, 1.165) is 11.3 Å². The highest BCUT2D eigenvalue weighted by molar-refractivity contribution is 6.30. The van der Waals surface area contributed by atoms with Crippen molar-refractivity contribution in [3.63, 3.8) is 0 Å². The molecule has 0 spiro atoms. The van der Waals surface area contributed by atoms with Gasteiger partial charge >= 0.3 is 0 Å². The van der Waals surface area contributed by atoms with Gasteiger partial charge in [-0.2, -0.15) is 0 Å². The summed E-state index contributed by atoms with van der Waals surface area (Å²) in [4.78, 5) is 25.3. The van der Waals surface area contributed by atoms with Crippen LogP contribution in [-0.4, -0.2) is 37.4 Å². The molecular formula is C18H20ClN3O2. The molecule has 0 radical (unpaired) electrons. The zero-order valence-electron chi connectivity index (χ0n) is 13.9. The third-order valence-corrected chi connectivity index (χ3v) is 3.70. The first-order valence-electron chi connectivity index (χ1n) is 7.48. The van der Waals surface area contributed by atoms with Gasteiger partial charge in [-0.1, -0.05) is 17.7 Å². The van der Waals surface area contributed by atoms with Gasteiger partial charge in [0.1, 0.15) is 0 Å². The summed E-state index contributed by atoms with van der Waals surface area (Å²) in [6.45, 7) is 2.07. The monoisotopic (exact) mass is 345 g/mol. The molecule has 0 bridgehead atoms. The minimum Gasteiger partial charge on any atom is -0.376 e. The molecule has 24 heavy (non-hydrogen) atoms. The van der Waals surface area contributed by atoms with Crippen molar-refractivity contribution in [3.05, 3.63) is 58.6 Å². The fraction of sp³-hybridized carbons (Fsp3) is 0.222. The number of aryl methyl sites for hydroxylation is 1. The van der Waals surface area contributed by atoms with Gasteiger partial charge in [-0.05, 0) is 48.9 Å². The third-order valence-electron chi connectivity index (χ3n) is 3.46. The van der Waals surface area contributed by atoms with E-state index < -0.39 is 0 Å². The highest BCUT2D eigenvalue weighted by Gasteiger charge is 2.08. The standard InChI is InChI=1S/C18H20ClN3O2/c1-12-4-7-14(19)10-16(12)20-11-17(23)21-15-8-5-13(6-9-15)18(24)22(2)3/h4-10,20H,11H2,1-3H3,(H,21,23). The maximum absolute atomic E-state index is 12.0. The smallest absolute Gasteiger partial charge is 0.253 e. The van der Waals surface area contributed by atoms with Crippen LogP contribution in [0.3, 0.4) is 0 Å². The molecule has 0 aliphatic carbocycles. The van der Waals surface area contributed by atoms with Crippen molar-refractivity contribution in [1.29, 1.82) is 0 Å². The maximum Gasteiger partial charge on any atom is 0.253 e. The fourth-order valence-corrected chi connectivity index (χ4v) is 2.29. The lowest BCUT2D eigenvalue weighted by Crippen LogP contribution is -2.23. The fourth-order valence-electron chi connectivity index (χ4n) is 2.12. The van der Waals surface area contributed by atoms with Gasteiger partial charge in [-0.3, -0.25) is 9.59 Å². The lowest BCUT2D eigenvalue weighted by molar-refractivity contribution is -0.114. The molecule has 2 aromatic rings. The SMILES string of the molecule is Cc1ccc(Cl)cc1NCC(=O)Nc1ccc(C(=O)N(C)C)cc1. The summed E-state index contributed by atoms with van der Waals surface area (Å²) in [7, 11) is 3.39. The number of nitrogens with one attached hydrogen (secondary N) is 2. The van der Waals surface area contributed by atoms with Crippen molar-refractivity contribution in [3.8, 4) is 0 Å². The van der Waals surface area contributed by atoms with E-state index in [4.69, 9.17) is 11.6 Å². The minimum atomic E-state index is -0.180. The van der Waals surface area contributed by atoms with Gasteiger partial charge in [0.15, 0.2) is 0 Å².